The van der Waals surface area contributed by atoms with Crippen molar-refractivity contribution in [2.45, 2.75) is 25.2 Å². The summed E-state index contributed by atoms with van der Waals surface area (Å²) >= 11 is 0. The van der Waals surface area contributed by atoms with Crippen molar-refractivity contribution in [2.75, 3.05) is 0 Å². The first-order chi connectivity index (χ1) is 12.9. The molecule has 1 aliphatic carbocycles. The summed E-state index contributed by atoms with van der Waals surface area (Å²) in [4.78, 5) is 0.0917. The van der Waals surface area contributed by atoms with E-state index in [1.54, 1.807) is 19.1 Å². The maximum atomic E-state index is 12.3. The Bertz CT molecular complexity index is 1150. The highest BCUT2D eigenvalue weighted by Gasteiger charge is 2.19. The first kappa shape index (κ1) is 17.5. The van der Waals surface area contributed by atoms with E-state index in [-0.39, 0.29) is 4.90 Å². The molecule has 0 saturated heterocycles. The van der Waals surface area contributed by atoms with Gasteiger partial charge in [0.1, 0.15) is 4.90 Å². The third kappa shape index (κ3) is 3.38. The Kier molecular flexibility index (Phi) is 4.32. The van der Waals surface area contributed by atoms with Gasteiger partial charge in [0.05, 0.1) is 5.71 Å². The van der Waals surface area contributed by atoms with E-state index in [2.05, 4.69) is 29.4 Å². The van der Waals surface area contributed by atoms with Crippen LogP contribution in [0.4, 0.5) is 0 Å². The van der Waals surface area contributed by atoms with Crippen molar-refractivity contribution in [3.8, 4) is 11.1 Å². The van der Waals surface area contributed by atoms with Gasteiger partial charge >= 0.3 is 10.1 Å². The number of nitrogens with zero attached hydrogens (tertiary/aromatic N) is 1. The number of aryl methyl sites for hydroxylation is 1. The highest BCUT2D eigenvalue weighted by molar-refractivity contribution is 7.86. The zero-order valence-electron chi connectivity index (χ0n) is 15.1. The first-order valence-corrected chi connectivity index (χ1v) is 10.1. The van der Waals surface area contributed by atoms with Gasteiger partial charge in [-0.15, -0.1) is 0 Å². The predicted molar refractivity (Wildman–Crippen MR) is 106 cm³/mol. The maximum Gasteiger partial charge on any atom is 0.358 e. The summed E-state index contributed by atoms with van der Waals surface area (Å²) in [6.07, 6.45) is 0.870. The molecular weight excluding hydrogens is 358 g/mol. The number of oxime groups is 1. The fourth-order valence-electron chi connectivity index (χ4n) is 3.28. The largest absolute Gasteiger partial charge is 0.358 e. The third-order valence-corrected chi connectivity index (χ3v) is 5.91. The summed E-state index contributed by atoms with van der Waals surface area (Å²) in [5, 5.41) is 3.87. The van der Waals surface area contributed by atoms with E-state index < -0.39 is 10.1 Å². The molecule has 0 N–H and O–H groups in total. The lowest BCUT2D eigenvalue weighted by atomic mass is 10.0. The van der Waals surface area contributed by atoms with Crippen LogP contribution in [0.1, 0.15) is 29.2 Å². The van der Waals surface area contributed by atoms with Gasteiger partial charge in [0.15, 0.2) is 0 Å². The summed E-state index contributed by atoms with van der Waals surface area (Å²) in [7, 11) is -3.92. The van der Waals surface area contributed by atoms with Crippen LogP contribution in [0, 0.1) is 6.92 Å². The van der Waals surface area contributed by atoms with E-state index in [9.17, 15) is 8.42 Å². The van der Waals surface area contributed by atoms with Crippen molar-refractivity contribution in [3.05, 3.63) is 89.0 Å². The molecule has 27 heavy (non-hydrogen) atoms. The molecule has 0 aromatic heterocycles. The van der Waals surface area contributed by atoms with E-state index in [1.165, 1.54) is 34.4 Å². The second-order valence-electron chi connectivity index (χ2n) is 6.72. The van der Waals surface area contributed by atoms with Crippen molar-refractivity contribution in [2.24, 2.45) is 5.16 Å². The van der Waals surface area contributed by atoms with Crippen LogP contribution in [-0.2, 0) is 20.8 Å². The Morgan fingerprint density at radius 3 is 2.41 bits per heavy atom. The SMILES string of the molecule is CC(=NOS(=O)(=O)c1ccc(C)cc1)c1ccc2c(c1)Cc1ccccc1-2. The molecule has 0 saturated carbocycles. The molecule has 5 heteroatoms. The highest BCUT2D eigenvalue weighted by Crippen LogP contribution is 2.36. The molecule has 4 rings (SSSR count). The Hall–Kier alpha value is -2.92. The van der Waals surface area contributed by atoms with Gasteiger partial charge in [-0.1, -0.05) is 59.3 Å². The number of fused-ring (bicyclic) bond motifs is 3. The number of benzene rings is 3. The zero-order valence-corrected chi connectivity index (χ0v) is 16.0. The van der Waals surface area contributed by atoms with Crippen LogP contribution in [0.2, 0.25) is 0 Å². The molecule has 0 spiro atoms. The van der Waals surface area contributed by atoms with Gasteiger partial charge in [-0.3, -0.25) is 4.28 Å². The molecule has 0 unspecified atom stereocenters. The molecule has 0 radical (unpaired) electrons. The Labute approximate surface area is 159 Å². The van der Waals surface area contributed by atoms with Gasteiger partial charge < -0.3 is 0 Å². The number of hydrogen-bond acceptors (Lipinski definition) is 4. The molecule has 0 bridgehead atoms. The lowest BCUT2D eigenvalue weighted by Crippen LogP contribution is -2.05. The summed E-state index contributed by atoms with van der Waals surface area (Å²) in [5.41, 5.74) is 7.34. The molecule has 0 atom stereocenters. The Morgan fingerprint density at radius 2 is 1.63 bits per heavy atom. The van der Waals surface area contributed by atoms with Crippen molar-refractivity contribution in [3.63, 3.8) is 0 Å². The third-order valence-electron chi connectivity index (χ3n) is 4.79. The molecule has 0 amide bonds. The van der Waals surface area contributed by atoms with Crippen molar-refractivity contribution < 1.29 is 12.7 Å². The van der Waals surface area contributed by atoms with E-state index in [0.29, 0.717) is 5.71 Å². The minimum Gasteiger partial charge on any atom is -0.265 e. The standard InChI is InChI=1S/C22H19NO3S/c1-15-7-10-20(11-8-15)27(24,25)26-23-16(2)17-9-12-22-19(13-17)14-18-5-3-4-6-21(18)22/h3-13H,14H2,1-2H3. The minimum atomic E-state index is -3.92. The van der Waals surface area contributed by atoms with Crippen LogP contribution in [-0.4, -0.2) is 14.1 Å². The normalized spacial score (nSPS) is 13.2. The van der Waals surface area contributed by atoms with Crippen molar-refractivity contribution >= 4 is 15.8 Å². The first-order valence-electron chi connectivity index (χ1n) is 8.70. The van der Waals surface area contributed by atoms with E-state index in [0.717, 1.165) is 17.5 Å². The van der Waals surface area contributed by atoms with Crippen molar-refractivity contribution in [1.82, 2.24) is 0 Å². The molecule has 0 aliphatic heterocycles. The summed E-state index contributed by atoms with van der Waals surface area (Å²) in [5.74, 6) is 0. The fraction of sp³-hybridized carbons (Fsp3) is 0.136. The molecule has 3 aromatic rings. The lowest BCUT2D eigenvalue weighted by molar-refractivity contribution is 0.339. The van der Waals surface area contributed by atoms with Gasteiger partial charge in [0.25, 0.3) is 0 Å². The molecule has 4 nitrogen and oxygen atoms in total. The summed E-state index contributed by atoms with van der Waals surface area (Å²) in [6.45, 7) is 3.64. The van der Waals surface area contributed by atoms with E-state index in [4.69, 9.17) is 4.28 Å². The smallest absolute Gasteiger partial charge is 0.265 e. The van der Waals surface area contributed by atoms with Gasteiger partial charge in [-0.05, 0) is 66.3 Å². The van der Waals surface area contributed by atoms with Gasteiger partial charge in [0, 0.05) is 0 Å². The second kappa shape index (κ2) is 6.67. The molecule has 0 fully saturated rings. The maximum absolute atomic E-state index is 12.3. The van der Waals surface area contributed by atoms with Gasteiger partial charge in [0.2, 0.25) is 0 Å². The van der Waals surface area contributed by atoms with Gasteiger partial charge in [-0.2, -0.15) is 8.42 Å². The zero-order chi connectivity index (χ0) is 19.0. The monoisotopic (exact) mass is 377 g/mol. The van der Waals surface area contributed by atoms with Crippen LogP contribution in [0.25, 0.3) is 11.1 Å². The van der Waals surface area contributed by atoms with Crippen LogP contribution in [0.3, 0.4) is 0 Å². The Morgan fingerprint density at radius 1 is 0.926 bits per heavy atom. The second-order valence-corrected chi connectivity index (χ2v) is 8.25. The molecule has 0 heterocycles. The van der Waals surface area contributed by atoms with Crippen LogP contribution in [0.5, 0.6) is 0 Å². The fourth-order valence-corrected chi connectivity index (χ4v) is 4.04. The topological polar surface area (TPSA) is 55.7 Å². The van der Waals surface area contributed by atoms with Gasteiger partial charge in [-0.25, -0.2) is 0 Å². The average Bonchev–Trinajstić information content (AvgIpc) is 3.04. The summed E-state index contributed by atoms with van der Waals surface area (Å²) in [6, 6.07) is 20.9. The molecular formula is C22H19NO3S. The summed E-state index contributed by atoms with van der Waals surface area (Å²) < 4.78 is 29.5. The van der Waals surface area contributed by atoms with E-state index >= 15 is 0 Å². The highest BCUT2D eigenvalue weighted by atomic mass is 32.2. The number of hydrogen-bond donors (Lipinski definition) is 0. The predicted octanol–water partition coefficient (Wildman–Crippen LogP) is 4.70. The van der Waals surface area contributed by atoms with Crippen LogP contribution < -0.4 is 0 Å². The van der Waals surface area contributed by atoms with Crippen LogP contribution >= 0.6 is 0 Å². The number of rotatable bonds is 4. The Balaban J connectivity index is 1.57. The molecule has 1 aliphatic rings. The minimum absolute atomic E-state index is 0.0917. The molecule has 136 valence electrons. The average molecular weight is 377 g/mol. The van der Waals surface area contributed by atoms with Crippen molar-refractivity contribution in [1.29, 1.82) is 0 Å². The molecule has 3 aromatic carbocycles. The lowest BCUT2D eigenvalue weighted by Gasteiger charge is -2.06. The quantitative estimate of drug-likeness (QED) is 0.383. The van der Waals surface area contributed by atoms with Crippen LogP contribution in [0.15, 0.2) is 76.8 Å². The van der Waals surface area contributed by atoms with E-state index in [1.807, 2.05) is 25.1 Å².